The van der Waals surface area contributed by atoms with E-state index >= 15 is 0 Å². The van der Waals surface area contributed by atoms with Crippen molar-refractivity contribution in [1.82, 2.24) is 5.32 Å². The predicted molar refractivity (Wildman–Crippen MR) is 207 cm³/mol. The van der Waals surface area contributed by atoms with Crippen molar-refractivity contribution < 1.29 is 40.8 Å². The molecule has 14 nitrogen and oxygen atoms in total. The van der Waals surface area contributed by atoms with Crippen LogP contribution in [-0.2, 0) is 44.0 Å². The summed E-state index contributed by atoms with van der Waals surface area (Å²) in [5.41, 5.74) is 2.17. The predicted octanol–water partition coefficient (Wildman–Crippen LogP) is 4.97. The van der Waals surface area contributed by atoms with Crippen LogP contribution in [0, 0.1) is 0 Å². The number of ether oxygens (including phenoxy) is 1. The Labute approximate surface area is 319 Å². The van der Waals surface area contributed by atoms with Crippen LogP contribution in [0.3, 0.4) is 0 Å². The minimum atomic E-state index is -3.94. The summed E-state index contributed by atoms with van der Waals surface area (Å²) in [6.07, 6.45) is 0.355. The number of para-hydroxylation sites is 2. The number of anilines is 2. The minimum absolute atomic E-state index is 0.0174. The maximum atomic E-state index is 12.6. The van der Waals surface area contributed by atoms with Gasteiger partial charge in [0.2, 0.25) is 5.91 Å². The summed E-state index contributed by atoms with van der Waals surface area (Å²) >= 11 is 0. The molecule has 55 heavy (non-hydrogen) atoms. The highest BCUT2D eigenvalue weighted by atomic mass is 32.2. The number of nitrogens with zero attached hydrogens (tertiary/aromatic N) is 2. The van der Waals surface area contributed by atoms with Crippen molar-refractivity contribution in [3.8, 4) is 0 Å². The van der Waals surface area contributed by atoms with Gasteiger partial charge in [0.25, 0.3) is 20.0 Å². The zero-order valence-corrected chi connectivity index (χ0v) is 31.6. The average Bonchev–Trinajstić information content (AvgIpc) is 3.18. The van der Waals surface area contributed by atoms with Crippen LogP contribution in [0.15, 0.2) is 128 Å². The first-order valence-electron chi connectivity index (χ1n) is 17.3. The maximum absolute atomic E-state index is 12.6. The number of likely N-dealkylation sites (N-methyl/N-ethyl adjacent to an activating group) is 1. The highest BCUT2D eigenvalue weighted by Gasteiger charge is 2.31. The van der Waals surface area contributed by atoms with Gasteiger partial charge in [-0.25, -0.2) is 0 Å². The number of rotatable bonds is 13. The number of carbonyl (C=O) groups is 4. The molecular formula is C39H39N5O9S2. The SMILES string of the molecule is CCOC(=O)C(CCC(=O)C1=NS(=O)(=O)c2ccccc2N1)c1ccccc1.CNC(=O)C(CCC(=O)C1=NS(=O)(=O)c2ccccc2N1)c1ccccc1. The van der Waals surface area contributed by atoms with Crippen LogP contribution in [0.2, 0.25) is 0 Å². The lowest BCUT2D eigenvalue weighted by Crippen LogP contribution is -2.30. The van der Waals surface area contributed by atoms with Crippen LogP contribution in [0.5, 0.6) is 0 Å². The Hall–Kier alpha value is -6.00. The Morgan fingerprint density at radius 2 is 1.02 bits per heavy atom. The minimum Gasteiger partial charge on any atom is -0.466 e. The van der Waals surface area contributed by atoms with Crippen LogP contribution < -0.4 is 16.0 Å². The van der Waals surface area contributed by atoms with Gasteiger partial charge >= 0.3 is 5.97 Å². The topological polar surface area (TPSA) is 207 Å². The lowest BCUT2D eigenvalue weighted by atomic mass is 9.92. The van der Waals surface area contributed by atoms with Crippen LogP contribution in [0.4, 0.5) is 11.4 Å². The summed E-state index contributed by atoms with van der Waals surface area (Å²) < 4.78 is 61.4. The summed E-state index contributed by atoms with van der Waals surface area (Å²) in [4.78, 5) is 49.7. The Morgan fingerprint density at radius 1 is 0.618 bits per heavy atom. The van der Waals surface area contributed by atoms with Crippen molar-refractivity contribution in [2.24, 2.45) is 8.80 Å². The number of amidine groups is 2. The molecule has 4 aromatic rings. The number of carbonyl (C=O) groups excluding carboxylic acids is 4. The molecule has 2 atom stereocenters. The first-order chi connectivity index (χ1) is 26.3. The van der Waals surface area contributed by atoms with Gasteiger partial charge in [-0.3, -0.25) is 19.2 Å². The standard InChI is InChI=1S/C20H20N2O5S.C19H19N3O4S/c1-2-27-20(24)15(14-8-4-3-5-9-14)12-13-17(23)19-21-16-10-6-7-11-18(16)28(25,26)22-19;1-20-19(24)14(13-7-3-2-4-8-13)11-12-16(23)18-21-15-9-5-6-10-17(15)27(25,26)22-18/h3-11,15H,2,12-13H2,1H3,(H,21,22);2-10,14H,11-12H2,1H3,(H,20,24)(H,21,22). The first kappa shape index (κ1) is 40.2. The molecule has 3 N–H and O–H groups in total. The van der Waals surface area contributed by atoms with E-state index in [4.69, 9.17) is 4.74 Å². The smallest absolute Gasteiger partial charge is 0.313 e. The quantitative estimate of drug-likeness (QED) is 0.154. The molecule has 16 heteroatoms. The van der Waals surface area contributed by atoms with Crippen molar-refractivity contribution in [1.29, 1.82) is 0 Å². The van der Waals surface area contributed by atoms with Gasteiger partial charge in [-0.1, -0.05) is 84.9 Å². The number of ketones is 2. The van der Waals surface area contributed by atoms with Gasteiger partial charge in [-0.05, 0) is 55.2 Å². The van der Waals surface area contributed by atoms with Crippen molar-refractivity contribution in [3.63, 3.8) is 0 Å². The molecule has 2 heterocycles. The van der Waals surface area contributed by atoms with E-state index in [9.17, 15) is 36.0 Å². The molecule has 0 radical (unpaired) electrons. The second-order valence-corrected chi connectivity index (χ2v) is 15.4. The lowest BCUT2D eigenvalue weighted by Gasteiger charge is -2.18. The molecule has 286 valence electrons. The number of esters is 1. The third kappa shape index (κ3) is 9.96. The second kappa shape index (κ2) is 17.9. The number of benzene rings is 4. The van der Waals surface area contributed by atoms with Gasteiger partial charge in [-0.15, -0.1) is 8.80 Å². The molecule has 2 unspecified atom stereocenters. The molecule has 0 saturated carbocycles. The molecule has 4 aromatic carbocycles. The van der Waals surface area contributed by atoms with Crippen LogP contribution in [-0.4, -0.2) is 65.6 Å². The fourth-order valence-corrected chi connectivity index (χ4v) is 8.18. The molecule has 1 amide bonds. The van der Waals surface area contributed by atoms with Crippen LogP contribution in [0.1, 0.15) is 55.6 Å². The highest BCUT2D eigenvalue weighted by molar-refractivity contribution is 7.91. The van der Waals surface area contributed by atoms with E-state index in [-0.39, 0.29) is 59.7 Å². The van der Waals surface area contributed by atoms with Crippen molar-refractivity contribution in [2.45, 2.75) is 54.2 Å². The van der Waals surface area contributed by atoms with Crippen molar-refractivity contribution in [3.05, 3.63) is 120 Å². The number of fused-ring (bicyclic) bond motifs is 2. The summed E-state index contributed by atoms with van der Waals surface area (Å²) in [7, 11) is -6.32. The average molecular weight is 786 g/mol. The van der Waals surface area contributed by atoms with Gasteiger partial charge in [0.15, 0.2) is 23.2 Å². The molecule has 0 fully saturated rings. The number of sulfonamides is 2. The number of hydrogen-bond donors (Lipinski definition) is 3. The molecule has 6 rings (SSSR count). The van der Waals surface area contributed by atoms with E-state index < -0.39 is 49.4 Å². The molecule has 0 spiro atoms. The molecule has 0 aromatic heterocycles. The lowest BCUT2D eigenvalue weighted by molar-refractivity contribution is -0.145. The third-order valence-corrected chi connectivity index (χ3v) is 11.3. The van der Waals surface area contributed by atoms with Crippen molar-refractivity contribution in [2.75, 3.05) is 24.3 Å². The number of hydrogen-bond acceptors (Lipinski definition) is 11. The maximum Gasteiger partial charge on any atom is 0.313 e. The van der Waals surface area contributed by atoms with Crippen molar-refractivity contribution >= 4 is 66.5 Å². The molecule has 2 aliphatic heterocycles. The summed E-state index contributed by atoms with van der Waals surface area (Å²) in [5.74, 6) is -3.15. The van der Waals surface area contributed by atoms with E-state index in [1.807, 2.05) is 36.4 Å². The Bertz CT molecular complexity index is 2350. The fourth-order valence-electron chi connectivity index (χ4n) is 5.92. The van der Waals surface area contributed by atoms with Crippen LogP contribution in [0.25, 0.3) is 0 Å². The van der Waals surface area contributed by atoms with Gasteiger partial charge in [0.05, 0.1) is 29.8 Å². The summed E-state index contributed by atoms with van der Waals surface area (Å²) in [6.45, 7) is 1.95. The zero-order chi connectivity index (χ0) is 39.6. The molecule has 2 aliphatic rings. The highest BCUT2D eigenvalue weighted by Crippen LogP contribution is 2.30. The van der Waals surface area contributed by atoms with Crippen LogP contribution >= 0.6 is 0 Å². The molecule has 0 saturated heterocycles. The summed E-state index contributed by atoms with van der Waals surface area (Å²) in [5, 5.41) is 8.16. The third-order valence-electron chi connectivity index (χ3n) is 8.65. The monoisotopic (exact) mass is 785 g/mol. The van der Waals surface area contributed by atoms with E-state index in [0.29, 0.717) is 11.4 Å². The molecule has 0 bridgehead atoms. The zero-order valence-electron chi connectivity index (χ0n) is 30.0. The van der Waals surface area contributed by atoms with E-state index in [0.717, 1.165) is 11.1 Å². The Kier molecular flexibility index (Phi) is 13.1. The molecule has 0 aliphatic carbocycles. The van der Waals surface area contributed by atoms with E-state index in [1.54, 1.807) is 67.6 Å². The number of nitrogens with one attached hydrogen (secondary N) is 3. The van der Waals surface area contributed by atoms with Gasteiger partial charge in [0, 0.05) is 19.9 Å². The first-order valence-corrected chi connectivity index (χ1v) is 20.2. The Balaban J connectivity index is 0.000000211. The molecular weight excluding hydrogens is 747 g/mol. The summed E-state index contributed by atoms with van der Waals surface area (Å²) in [6, 6.07) is 30.7. The normalized spacial score (nSPS) is 15.6. The van der Waals surface area contributed by atoms with Gasteiger partial charge < -0.3 is 20.7 Å². The van der Waals surface area contributed by atoms with Gasteiger partial charge in [0.1, 0.15) is 9.79 Å². The Morgan fingerprint density at radius 3 is 1.45 bits per heavy atom. The van der Waals surface area contributed by atoms with E-state index in [2.05, 4.69) is 24.7 Å². The second-order valence-electron chi connectivity index (χ2n) is 12.3. The largest absolute Gasteiger partial charge is 0.466 e. The fraction of sp³-hybridized carbons (Fsp3) is 0.231. The van der Waals surface area contributed by atoms with Gasteiger partial charge in [-0.2, -0.15) is 16.8 Å². The number of Topliss-reactive ketones (excluding diaryl/α,β-unsaturated/α-hetero) is 2. The van der Waals surface area contributed by atoms with E-state index in [1.165, 1.54) is 19.2 Å². The number of amides is 1.